The van der Waals surface area contributed by atoms with Crippen LogP contribution in [-0.4, -0.2) is 14.1 Å². The second-order valence-corrected chi connectivity index (χ2v) is 11.8. The molecular formula is C43H25N5. The number of para-hydroxylation sites is 4. The van der Waals surface area contributed by atoms with Crippen LogP contribution in [0.25, 0.3) is 77.4 Å². The summed E-state index contributed by atoms with van der Waals surface area (Å²) in [4.78, 5) is 4.92. The Hall–Kier alpha value is -6.95. The second-order valence-electron chi connectivity index (χ2n) is 11.8. The normalized spacial score (nSPS) is 11.3. The van der Waals surface area contributed by atoms with Crippen LogP contribution in [-0.2, 0) is 0 Å². The van der Waals surface area contributed by atoms with E-state index in [4.69, 9.17) is 4.98 Å². The van der Waals surface area contributed by atoms with Gasteiger partial charge in [0.25, 0.3) is 0 Å². The molecule has 0 atom stereocenters. The van der Waals surface area contributed by atoms with Crippen molar-refractivity contribution in [3.05, 3.63) is 163 Å². The number of hydrogen-bond donors (Lipinski definition) is 0. The Labute approximate surface area is 276 Å². The highest BCUT2D eigenvalue weighted by Crippen LogP contribution is 2.42. The van der Waals surface area contributed by atoms with Gasteiger partial charge in [-0.1, -0.05) is 97.1 Å². The number of nitrogens with zero attached hydrogens (tertiary/aromatic N) is 5. The van der Waals surface area contributed by atoms with Gasteiger partial charge in [-0.2, -0.15) is 10.5 Å². The minimum Gasteiger partial charge on any atom is -0.309 e. The Morgan fingerprint density at radius 2 is 0.917 bits per heavy atom. The third-order valence-corrected chi connectivity index (χ3v) is 9.29. The summed E-state index contributed by atoms with van der Waals surface area (Å²) in [5.74, 6) is 0. The molecule has 0 spiro atoms. The molecule has 0 radical (unpaired) electrons. The number of benzene rings is 6. The summed E-state index contributed by atoms with van der Waals surface area (Å²) in [7, 11) is 0. The van der Waals surface area contributed by atoms with Crippen LogP contribution in [0.15, 0.2) is 152 Å². The summed E-state index contributed by atoms with van der Waals surface area (Å²) in [6.07, 6.45) is 1.77. The molecule has 9 aromatic rings. The highest BCUT2D eigenvalue weighted by atomic mass is 15.0. The molecule has 5 nitrogen and oxygen atoms in total. The molecule has 0 N–H and O–H groups in total. The van der Waals surface area contributed by atoms with Crippen molar-refractivity contribution in [2.24, 2.45) is 0 Å². The quantitative estimate of drug-likeness (QED) is 0.199. The van der Waals surface area contributed by atoms with Gasteiger partial charge in [0, 0.05) is 44.4 Å². The van der Waals surface area contributed by atoms with Crippen molar-refractivity contribution >= 4 is 43.6 Å². The standard InChI is InChI=1S/C43H25N5/c44-26-28-12-9-23-40(47-36-19-5-1-13-29(36)30-14-2-6-20-37(30)47)42(28)33-17-10-18-34(35(33)27-45)43-41(24-11-25-46-43)48-38-21-7-3-15-31(38)32-16-4-8-22-39(32)48/h1-25H. The van der Waals surface area contributed by atoms with Crippen molar-refractivity contribution < 1.29 is 0 Å². The average Bonchev–Trinajstić information content (AvgIpc) is 3.67. The Kier molecular flexibility index (Phi) is 6.18. The van der Waals surface area contributed by atoms with E-state index >= 15 is 0 Å². The van der Waals surface area contributed by atoms with Crippen LogP contribution in [0, 0.1) is 22.7 Å². The first kappa shape index (κ1) is 27.4. The predicted octanol–water partition coefficient (Wildman–Crippen LogP) is 10.4. The van der Waals surface area contributed by atoms with Gasteiger partial charge in [0.05, 0.1) is 56.3 Å². The minimum absolute atomic E-state index is 0.461. The molecule has 0 aliphatic carbocycles. The van der Waals surface area contributed by atoms with E-state index in [1.54, 1.807) is 6.20 Å². The lowest BCUT2D eigenvalue weighted by atomic mass is 9.90. The van der Waals surface area contributed by atoms with Gasteiger partial charge in [0.2, 0.25) is 0 Å². The number of pyridine rings is 1. The van der Waals surface area contributed by atoms with Gasteiger partial charge in [0.1, 0.15) is 6.07 Å². The smallest absolute Gasteiger partial charge is 0.100 e. The van der Waals surface area contributed by atoms with E-state index in [0.717, 1.165) is 55.0 Å². The number of hydrogen-bond acceptors (Lipinski definition) is 3. The molecule has 48 heavy (non-hydrogen) atoms. The van der Waals surface area contributed by atoms with Gasteiger partial charge >= 0.3 is 0 Å². The lowest BCUT2D eigenvalue weighted by Gasteiger charge is -2.19. The van der Waals surface area contributed by atoms with E-state index in [2.05, 4.69) is 88.0 Å². The van der Waals surface area contributed by atoms with E-state index in [0.29, 0.717) is 33.5 Å². The first-order valence-corrected chi connectivity index (χ1v) is 15.8. The minimum atomic E-state index is 0.461. The van der Waals surface area contributed by atoms with Gasteiger partial charge < -0.3 is 9.13 Å². The summed E-state index contributed by atoms with van der Waals surface area (Å²) in [6.45, 7) is 0. The van der Waals surface area contributed by atoms with E-state index < -0.39 is 0 Å². The molecule has 222 valence electrons. The molecule has 0 saturated heterocycles. The van der Waals surface area contributed by atoms with Crippen molar-refractivity contribution in [1.29, 1.82) is 10.5 Å². The van der Waals surface area contributed by atoms with Crippen molar-refractivity contribution in [3.8, 4) is 45.9 Å². The van der Waals surface area contributed by atoms with Crippen LogP contribution < -0.4 is 0 Å². The first-order chi connectivity index (χ1) is 23.8. The summed E-state index contributed by atoms with van der Waals surface area (Å²) < 4.78 is 4.44. The van der Waals surface area contributed by atoms with Gasteiger partial charge in [-0.15, -0.1) is 0 Å². The summed E-state index contributed by atoms with van der Waals surface area (Å²) in [5, 5.41) is 26.0. The Morgan fingerprint density at radius 3 is 1.46 bits per heavy atom. The van der Waals surface area contributed by atoms with Gasteiger partial charge in [-0.3, -0.25) is 4.98 Å². The van der Waals surface area contributed by atoms with Crippen LogP contribution in [0.5, 0.6) is 0 Å². The largest absolute Gasteiger partial charge is 0.309 e. The summed E-state index contributed by atoms with van der Waals surface area (Å²) in [6, 6.07) is 53.9. The molecule has 0 aliphatic rings. The zero-order valence-electron chi connectivity index (χ0n) is 25.7. The molecule has 0 fully saturated rings. The van der Waals surface area contributed by atoms with Crippen molar-refractivity contribution in [2.45, 2.75) is 0 Å². The van der Waals surface area contributed by atoms with Crippen LogP contribution in [0.3, 0.4) is 0 Å². The number of fused-ring (bicyclic) bond motifs is 6. The molecule has 3 heterocycles. The Balaban J connectivity index is 1.34. The lowest BCUT2D eigenvalue weighted by Crippen LogP contribution is -2.03. The van der Waals surface area contributed by atoms with Gasteiger partial charge in [-0.05, 0) is 48.5 Å². The van der Waals surface area contributed by atoms with Crippen molar-refractivity contribution in [1.82, 2.24) is 14.1 Å². The number of nitriles is 2. The average molecular weight is 612 g/mol. The molecule has 0 bridgehead atoms. The third kappa shape index (κ3) is 3.92. The van der Waals surface area contributed by atoms with E-state index in [9.17, 15) is 10.5 Å². The van der Waals surface area contributed by atoms with Crippen LogP contribution in [0.4, 0.5) is 0 Å². The van der Waals surface area contributed by atoms with Gasteiger partial charge in [0.15, 0.2) is 0 Å². The summed E-state index contributed by atoms with van der Waals surface area (Å²) in [5.41, 5.74) is 9.63. The lowest BCUT2D eigenvalue weighted by molar-refractivity contribution is 1.14. The molecule has 0 amide bonds. The number of aromatic nitrogens is 3. The molecule has 0 aliphatic heterocycles. The fraction of sp³-hybridized carbons (Fsp3) is 0. The molecule has 5 heteroatoms. The molecule has 0 saturated carbocycles. The van der Waals surface area contributed by atoms with E-state index in [-0.39, 0.29) is 0 Å². The maximum atomic E-state index is 10.9. The van der Waals surface area contributed by atoms with Crippen molar-refractivity contribution in [2.75, 3.05) is 0 Å². The fourth-order valence-electron chi connectivity index (χ4n) is 7.33. The van der Waals surface area contributed by atoms with E-state index in [1.807, 2.05) is 78.9 Å². The first-order valence-electron chi connectivity index (χ1n) is 15.8. The van der Waals surface area contributed by atoms with Gasteiger partial charge in [-0.25, -0.2) is 0 Å². The van der Waals surface area contributed by atoms with Crippen LogP contribution in [0.2, 0.25) is 0 Å². The third-order valence-electron chi connectivity index (χ3n) is 9.29. The van der Waals surface area contributed by atoms with E-state index in [1.165, 1.54) is 0 Å². The second kappa shape index (κ2) is 10.8. The van der Waals surface area contributed by atoms with Crippen molar-refractivity contribution in [3.63, 3.8) is 0 Å². The highest BCUT2D eigenvalue weighted by molar-refractivity contribution is 6.11. The topological polar surface area (TPSA) is 70.3 Å². The zero-order chi connectivity index (χ0) is 32.2. The maximum absolute atomic E-state index is 10.9. The monoisotopic (exact) mass is 611 g/mol. The Bertz CT molecular complexity index is 2710. The Morgan fingerprint density at radius 1 is 0.438 bits per heavy atom. The maximum Gasteiger partial charge on any atom is 0.100 e. The number of rotatable bonds is 4. The fourth-order valence-corrected chi connectivity index (χ4v) is 7.33. The molecule has 9 rings (SSSR count). The molecule has 0 unspecified atom stereocenters. The summed E-state index contributed by atoms with van der Waals surface area (Å²) >= 11 is 0. The molecular weight excluding hydrogens is 587 g/mol. The zero-order valence-corrected chi connectivity index (χ0v) is 25.7. The van der Waals surface area contributed by atoms with Crippen LogP contribution in [0.1, 0.15) is 11.1 Å². The molecule has 6 aromatic carbocycles. The highest BCUT2D eigenvalue weighted by Gasteiger charge is 2.23. The SMILES string of the molecule is N#Cc1cccc(-n2c3ccccc3c3ccccc32)c1-c1cccc(-c2ncccc2-n2c3ccccc3c3ccccc32)c1C#N. The predicted molar refractivity (Wildman–Crippen MR) is 193 cm³/mol. The molecule has 3 aromatic heterocycles. The van der Waals surface area contributed by atoms with Crippen LogP contribution >= 0.6 is 0 Å².